The van der Waals surface area contributed by atoms with Crippen LogP contribution >= 0.6 is 11.3 Å². The maximum absolute atomic E-state index is 5.39. The second-order valence-electron chi connectivity index (χ2n) is 4.51. The van der Waals surface area contributed by atoms with E-state index in [0.29, 0.717) is 6.54 Å². The summed E-state index contributed by atoms with van der Waals surface area (Å²) < 4.78 is 0. The third-order valence-electron chi connectivity index (χ3n) is 2.75. The van der Waals surface area contributed by atoms with Crippen molar-refractivity contribution >= 4 is 11.3 Å². The van der Waals surface area contributed by atoms with E-state index in [2.05, 4.69) is 52.7 Å². The van der Waals surface area contributed by atoms with Gasteiger partial charge in [-0.15, -0.1) is 0 Å². The Hall–Kier alpha value is -1.60. The predicted molar refractivity (Wildman–Crippen MR) is 81.9 cm³/mol. The van der Waals surface area contributed by atoms with E-state index in [1.165, 1.54) is 11.1 Å². The minimum absolute atomic E-state index is 0.405. The quantitative estimate of drug-likeness (QED) is 0.866. The van der Waals surface area contributed by atoms with E-state index in [4.69, 9.17) is 5.73 Å². The van der Waals surface area contributed by atoms with Crippen LogP contribution in [0.4, 0.5) is 0 Å². The highest BCUT2D eigenvalue weighted by Gasteiger charge is 2.02. The molecule has 3 heteroatoms. The molecular formula is C16H18N2S. The molecule has 1 heterocycles. The van der Waals surface area contributed by atoms with Crippen LogP contribution in [0.5, 0.6) is 0 Å². The first-order valence-electron chi connectivity index (χ1n) is 6.25. The molecule has 2 rings (SSSR count). The molecular weight excluding hydrogens is 252 g/mol. The number of benzene rings is 1. The van der Waals surface area contributed by atoms with Gasteiger partial charge in [-0.1, -0.05) is 24.0 Å². The van der Waals surface area contributed by atoms with Crippen LogP contribution in [0.3, 0.4) is 0 Å². The summed E-state index contributed by atoms with van der Waals surface area (Å²) in [5, 5.41) is 4.31. The Morgan fingerprint density at radius 1 is 1.21 bits per heavy atom. The van der Waals surface area contributed by atoms with Crippen LogP contribution in [0.2, 0.25) is 0 Å². The first-order valence-corrected chi connectivity index (χ1v) is 7.19. The van der Waals surface area contributed by atoms with Crippen LogP contribution in [0, 0.1) is 11.8 Å². The average molecular weight is 270 g/mol. The molecule has 1 aromatic heterocycles. The average Bonchev–Trinajstić information content (AvgIpc) is 2.89. The first kappa shape index (κ1) is 13.8. The van der Waals surface area contributed by atoms with Crippen molar-refractivity contribution in [3.05, 3.63) is 57.8 Å². The maximum atomic E-state index is 5.39. The van der Waals surface area contributed by atoms with Crippen molar-refractivity contribution in [3.63, 3.8) is 0 Å². The number of hydrogen-bond acceptors (Lipinski definition) is 3. The van der Waals surface area contributed by atoms with Crippen molar-refractivity contribution in [1.29, 1.82) is 0 Å². The summed E-state index contributed by atoms with van der Waals surface area (Å²) in [6, 6.07) is 10.5. The molecule has 1 aromatic carbocycles. The second kappa shape index (κ2) is 7.10. The molecule has 2 nitrogen and oxygen atoms in total. The van der Waals surface area contributed by atoms with Gasteiger partial charge in [0.25, 0.3) is 0 Å². The minimum Gasteiger partial charge on any atom is -0.320 e. The van der Waals surface area contributed by atoms with E-state index < -0.39 is 0 Å². The van der Waals surface area contributed by atoms with Gasteiger partial charge in [0.2, 0.25) is 0 Å². The fraction of sp³-hybridized carbons (Fsp3) is 0.250. The molecule has 0 bridgehead atoms. The molecule has 0 aliphatic carbocycles. The topological polar surface area (TPSA) is 29.3 Å². The van der Waals surface area contributed by atoms with E-state index in [-0.39, 0.29) is 0 Å². The van der Waals surface area contributed by atoms with Gasteiger partial charge in [-0.2, -0.15) is 11.3 Å². The molecule has 19 heavy (non-hydrogen) atoms. The van der Waals surface area contributed by atoms with Crippen molar-refractivity contribution in [2.45, 2.75) is 13.1 Å². The van der Waals surface area contributed by atoms with E-state index in [0.717, 1.165) is 18.7 Å². The summed E-state index contributed by atoms with van der Waals surface area (Å²) in [5.41, 5.74) is 9.07. The fourth-order valence-corrected chi connectivity index (χ4v) is 2.62. The molecule has 98 valence electrons. The normalized spacial score (nSPS) is 10.3. The summed E-state index contributed by atoms with van der Waals surface area (Å²) in [6.45, 7) is 2.30. The molecule has 0 spiro atoms. The van der Waals surface area contributed by atoms with Crippen LogP contribution < -0.4 is 5.73 Å². The highest BCUT2D eigenvalue weighted by atomic mass is 32.1. The lowest BCUT2D eigenvalue weighted by Crippen LogP contribution is -2.16. The van der Waals surface area contributed by atoms with Crippen LogP contribution in [0.15, 0.2) is 41.1 Å². The van der Waals surface area contributed by atoms with Crippen LogP contribution in [0.25, 0.3) is 0 Å². The van der Waals surface area contributed by atoms with Crippen LogP contribution in [0.1, 0.15) is 16.7 Å². The number of thiophene rings is 1. The van der Waals surface area contributed by atoms with Crippen molar-refractivity contribution < 1.29 is 0 Å². The summed E-state index contributed by atoms with van der Waals surface area (Å²) in [7, 11) is 2.13. The zero-order valence-corrected chi connectivity index (χ0v) is 11.9. The molecule has 0 fully saturated rings. The molecule has 0 aliphatic heterocycles. The smallest absolute Gasteiger partial charge is 0.0555 e. The first-order chi connectivity index (χ1) is 9.28. The molecule has 0 aliphatic rings. The predicted octanol–water partition coefficient (Wildman–Crippen LogP) is 2.69. The largest absolute Gasteiger partial charge is 0.320 e. The van der Waals surface area contributed by atoms with Gasteiger partial charge in [-0.05, 0) is 47.1 Å². The minimum atomic E-state index is 0.405. The van der Waals surface area contributed by atoms with Crippen molar-refractivity contribution in [2.24, 2.45) is 5.73 Å². The van der Waals surface area contributed by atoms with E-state index >= 15 is 0 Å². The summed E-state index contributed by atoms with van der Waals surface area (Å²) in [6.07, 6.45) is 0. The Kier molecular flexibility index (Phi) is 5.17. The van der Waals surface area contributed by atoms with Gasteiger partial charge in [0.05, 0.1) is 6.54 Å². The second-order valence-corrected chi connectivity index (χ2v) is 5.29. The van der Waals surface area contributed by atoms with Crippen molar-refractivity contribution in [3.8, 4) is 11.8 Å². The molecule has 0 radical (unpaired) electrons. The van der Waals surface area contributed by atoms with Gasteiger partial charge < -0.3 is 5.73 Å². The van der Waals surface area contributed by atoms with Gasteiger partial charge in [-0.25, -0.2) is 0 Å². The van der Waals surface area contributed by atoms with Crippen LogP contribution in [-0.4, -0.2) is 18.5 Å². The maximum Gasteiger partial charge on any atom is 0.0555 e. The third kappa shape index (κ3) is 4.53. The van der Waals surface area contributed by atoms with Gasteiger partial charge in [0, 0.05) is 18.7 Å². The van der Waals surface area contributed by atoms with Gasteiger partial charge in [0.15, 0.2) is 0 Å². The Morgan fingerprint density at radius 3 is 2.79 bits per heavy atom. The number of hydrogen-bond donors (Lipinski definition) is 1. The molecule has 2 N–H and O–H groups in total. The van der Waals surface area contributed by atoms with E-state index in [1.54, 1.807) is 11.3 Å². The lowest BCUT2D eigenvalue weighted by Gasteiger charge is -2.16. The van der Waals surface area contributed by atoms with E-state index in [9.17, 15) is 0 Å². The lowest BCUT2D eigenvalue weighted by atomic mass is 10.1. The summed E-state index contributed by atoms with van der Waals surface area (Å²) in [5.74, 6) is 5.96. The third-order valence-corrected chi connectivity index (χ3v) is 3.48. The Balaban J connectivity index is 1.98. The summed E-state index contributed by atoms with van der Waals surface area (Å²) in [4.78, 5) is 2.30. The standard InChI is InChI=1S/C16H18N2S/c1-18(12-16-7-9-19-13-16)11-15-5-2-4-14(10-15)6-3-8-17/h2,4-5,7,9-10,13H,8,11-12,17H2,1H3. The zero-order chi connectivity index (χ0) is 13.5. The van der Waals surface area contributed by atoms with Gasteiger partial charge in [-0.3, -0.25) is 4.90 Å². The molecule has 2 aromatic rings. The fourth-order valence-electron chi connectivity index (χ4n) is 1.96. The molecule has 0 unspecified atom stereocenters. The number of nitrogens with two attached hydrogens (primary N) is 1. The zero-order valence-electron chi connectivity index (χ0n) is 11.1. The SMILES string of the molecule is CN(Cc1ccsc1)Cc1cccc(C#CCN)c1. The van der Waals surface area contributed by atoms with Gasteiger partial charge >= 0.3 is 0 Å². The number of nitrogens with zero attached hydrogens (tertiary/aromatic N) is 1. The molecule has 0 atom stereocenters. The summed E-state index contributed by atoms with van der Waals surface area (Å²) >= 11 is 1.74. The molecule has 0 amide bonds. The molecule has 0 saturated carbocycles. The Bertz CT molecular complexity index is 564. The van der Waals surface area contributed by atoms with Crippen molar-refractivity contribution in [2.75, 3.05) is 13.6 Å². The highest BCUT2D eigenvalue weighted by molar-refractivity contribution is 7.07. The van der Waals surface area contributed by atoms with Gasteiger partial charge in [0.1, 0.15) is 0 Å². The monoisotopic (exact) mass is 270 g/mol. The van der Waals surface area contributed by atoms with Crippen molar-refractivity contribution in [1.82, 2.24) is 4.90 Å². The highest BCUT2D eigenvalue weighted by Crippen LogP contribution is 2.12. The van der Waals surface area contributed by atoms with E-state index in [1.807, 2.05) is 12.1 Å². The lowest BCUT2D eigenvalue weighted by molar-refractivity contribution is 0.319. The van der Waals surface area contributed by atoms with Crippen LogP contribution in [-0.2, 0) is 13.1 Å². The Labute approximate surface area is 118 Å². The molecule has 0 saturated heterocycles. The Morgan fingerprint density at radius 2 is 2.05 bits per heavy atom. The number of rotatable bonds is 4.